The van der Waals surface area contributed by atoms with Crippen LogP contribution >= 0.6 is 11.3 Å². The van der Waals surface area contributed by atoms with Crippen LogP contribution in [-0.4, -0.2) is 33.6 Å². The molecule has 0 bridgehead atoms. The van der Waals surface area contributed by atoms with E-state index in [1.807, 2.05) is 17.5 Å². The summed E-state index contributed by atoms with van der Waals surface area (Å²) in [6.45, 7) is -0.394. The number of carbonyl (C=O) groups is 1. The van der Waals surface area contributed by atoms with Gasteiger partial charge < -0.3 is 16.2 Å². The smallest absolute Gasteiger partial charge is 0.245 e. The fraction of sp³-hybridized carbons (Fsp3) is 0.182. The zero-order valence-corrected chi connectivity index (χ0v) is 10.2. The van der Waals surface area contributed by atoms with Crippen molar-refractivity contribution in [3.05, 3.63) is 29.9 Å². The summed E-state index contributed by atoms with van der Waals surface area (Å²) < 4.78 is 0. The molecule has 1 unspecified atom stereocenters. The monoisotopic (exact) mass is 264 g/mol. The highest BCUT2D eigenvalue weighted by Crippen LogP contribution is 2.24. The number of hydrogen-bond donors (Lipinski definition) is 3. The van der Waals surface area contributed by atoms with Gasteiger partial charge in [-0.15, -0.1) is 11.3 Å². The van der Waals surface area contributed by atoms with Gasteiger partial charge in [-0.05, 0) is 12.1 Å². The molecule has 2 heterocycles. The van der Waals surface area contributed by atoms with Gasteiger partial charge in [-0.2, -0.15) is 0 Å². The topological polar surface area (TPSA) is 101 Å². The Morgan fingerprint density at radius 2 is 2.22 bits per heavy atom. The van der Waals surface area contributed by atoms with Gasteiger partial charge in [-0.1, -0.05) is 0 Å². The number of hydrogen-bond acceptors (Lipinski definition) is 6. The molecular weight excluding hydrogens is 252 g/mol. The van der Waals surface area contributed by atoms with Crippen LogP contribution in [-0.2, 0) is 4.79 Å². The highest BCUT2D eigenvalue weighted by molar-refractivity contribution is 7.14. The maximum absolute atomic E-state index is 11.4. The minimum Gasteiger partial charge on any atom is -0.394 e. The first-order valence-corrected chi connectivity index (χ1v) is 6.12. The highest BCUT2D eigenvalue weighted by Gasteiger charge is 2.14. The van der Waals surface area contributed by atoms with Crippen molar-refractivity contribution in [2.75, 3.05) is 11.9 Å². The Balaban J connectivity index is 2.10. The second kappa shape index (κ2) is 5.67. The van der Waals surface area contributed by atoms with Gasteiger partial charge in [-0.25, -0.2) is 4.98 Å². The number of rotatable bonds is 4. The Morgan fingerprint density at radius 3 is 2.89 bits per heavy atom. The minimum atomic E-state index is -0.932. The van der Waals surface area contributed by atoms with E-state index in [9.17, 15) is 4.79 Å². The number of nitrogens with two attached hydrogens (primary N) is 1. The van der Waals surface area contributed by atoms with E-state index in [0.29, 0.717) is 5.13 Å². The number of amides is 1. The summed E-state index contributed by atoms with van der Waals surface area (Å²) in [7, 11) is 0. The first-order valence-electron chi connectivity index (χ1n) is 5.24. The van der Waals surface area contributed by atoms with Crippen molar-refractivity contribution in [3.63, 3.8) is 0 Å². The molecule has 0 spiro atoms. The fourth-order valence-corrected chi connectivity index (χ4v) is 1.99. The average molecular weight is 264 g/mol. The predicted octanol–water partition coefficient (Wildman–Crippen LogP) is 0.463. The molecule has 7 heteroatoms. The highest BCUT2D eigenvalue weighted by atomic mass is 32.1. The molecule has 0 saturated carbocycles. The number of nitrogens with one attached hydrogen (secondary N) is 1. The van der Waals surface area contributed by atoms with Crippen molar-refractivity contribution in [2.24, 2.45) is 5.73 Å². The van der Waals surface area contributed by atoms with Crippen LogP contribution in [0.5, 0.6) is 0 Å². The molecule has 2 rings (SSSR count). The summed E-state index contributed by atoms with van der Waals surface area (Å²) in [6.07, 6.45) is 3.35. The van der Waals surface area contributed by atoms with Gasteiger partial charge in [0.25, 0.3) is 0 Å². The van der Waals surface area contributed by atoms with Crippen molar-refractivity contribution in [1.82, 2.24) is 9.97 Å². The molecule has 6 nitrogen and oxygen atoms in total. The zero-order valence-electron chi connectivity index (χ0n) is 9.41. The lowest BCUT2D eigenvalue weighted by atomic mass is 10.2. The van der Waals surface area contributed by atoms with E-state index >= 15 is 0 Å². The SMILES string of the molecule is NC(CO)C(=O)Nc1nc(-c2ccncc2)cs1. The summed E-state index contributed by atoms with van der Waals surface area (Å²) in [6, 6.07) is 2.73. The van der Waals surface area contributed by atoms with Crippen LogP contribution in [0.15, 0.2) is 29.9 Å². The molecule has 0 fully saturated rings. The van der Waals surface area contributed by atoms with Crippen molar-refractivity contribution < 1.29 is 9.90 Å². The number of pyridine rings is 1. The molecule has 0 aromatic carbocycles. The predicted molar refractivity (Wildman–Crippen MR) is 69.0 cm³/mol. The van der Waals surface area contributed by atoms with Gasteiger partial charge in [0.2, 0.25) is 5.91 Å². The first-order chi connectivity index (χ1) is 8.70. The molecule has 2 aromatic rings. The van der Waals surface area contributed by atoms with Crippen molar-refractivity contribution in [2.45, 2.75) is 6.04 Å². The largest absolute Gasteiger partial charge is 0.394 e. The van der Waals surface area contributed by atoms with Crippen LogP contribution < -0.4 is 11.1 Å². The zero-order chi connectivity index (χ0) is 13.0. The number of anilines is 1. The molecule has 0 saturated heterocycles. The number of carbonyl (C=O) groups excluding carboxylic acids is 1. The Morgan fingerprint density at radius 1 is 1.50 bits per heavy atom. The molecule has 94 valence electrons. The van der Waals surface area contributed by atoms with Crippen LogP contribution in [0.3, 0.4) is 0 Å². The van der Waals surface area contributed by atoms with Gasteiger partial charge >= 0.3 is 0 Å². The van der Waals surface area contributed by atoms with Crippen LogP contribution in [0.4, 0.5) is 5.13 Å². The van der Waals surface area contributed by atoms with E-state index in [-0.39, 0.29) is 0 Å². The van der Waals surface area contributed by atoms with Gasteiger partial charge in [0.1, 0.15) is 6.04 Å². The molecule has 18 heavy (non-hydrogen) atoms. The molecular formula is C11H12N4O2S. The third-order valence-electron chi connectivity index (χ3n) is 2.24. The van der Waals surface area contributed by atoms with E-state index in [4.69, 9.17) is 10.8 Å². The van der Waals surface area contributed by atoms with Crippen LogP contribution in [0.1, 0.15) is 0 Å². The minimum absolute atomic E-state index is 0.394. The number of nitrogens with zero attached hydrogens (tertiary/aromatic N) is 2. The Hall–Kier alpha value is -1.83. The summed E-state index contributed by atoms with van der Waals surface area (Å²) in [5.41, 5.74) is 7.07. The standard InChI is InChI=1S/C11H12N4O2S/c12-8(5-16)10(17)15-11-14-9(6-18-11)7-1-3-13-4-2-7/h1-4,6,8,16H,5,12H2,(H,14,15,17). The second-order valence-corrected chi connectivity index (χ2v) is 4.41. The molecule has 4 N–H and O–H groups in total. The van der Waals surface area contributed by atoms with E-state index in [0.717, 1.165) is 11.3 Å². The average Bonchev–Trinajstić information content (AvgIpc) is 2.87. The van der Waals surface area contributed by atoms with Gasteiger partial charge in [-0.3, -0.25) is 9.78 Å². The van der Waals surface area contributed by atoms with Crippen molar-refractivity contribution in [3.8, 4) is 11.3 Å². The third-order valence-corrected chi connectivity index (χ3v) is 3.00. The van der Waals surface area contributed by atoms with Crippen molar-refractivity contribution >= 4 is 22.4 Å². The van der Waals surface area contributed by atoms with Gasteiger partial charge in [0.05, 0.1) is 12.3 Å². The summed E-state index contributed by atoms with van der Waals surface area (Å²) in [4.78, 5) is 19.6. The third kappa shape index (κ3) is 2.89. The summed E-state index contributed by atoms with van der Waals surface area (Å²) >= 11 is 1.30. The Bertz CT molecular complexity index is 529. The first kappa shape index (κ1) is 12.6. The van der Waals surface area contributed by atoms with Crippen LogP contribution in [0.25, 0.3) is 11.3 Å². The Labute approximate surface area is 108 Å². The summed E-state index contributed by atoms with van der Waals surface area (Å²) in [5.74, 6) is -0.451. The van der Waals surface area contributed by atoms with Crippen LogP contribution in [0, 0.1) is 0 Å². The number of thiazole rings is 1. The molecule has 0 radical (unpaired) electrons. The maximum Gasteiger partial charge on any atom is 0.245 e. The lowest BCUT2D eigenvalue weighted by Crippen LogP contribution is -2.38. The normalized spacial score (nSPS) is 12.1. The summed E-state index contributed by atoms with van der Waals surface area (Å²) in [5, 5.41) is 13.6. The molecule has 0 aliphatic carbocycles. The fourth-order valence-electron chi connectivity index (χ4n) is 1.27. The quantitative estimate of drug-likeness (QED) is 0.745. The molecule has 2 aromatic heterocycles. The number of aliphatic hydroxyl groups excluding tert-OH is 1. The van der Waals surface area contributed by atoms with E-state index in [1.165, 1.54) is 11.3 Å². The van der Waals surface area contributed by atoms with Crippen molar-refractivity contribution in [1.29, 1.82) is 0 Å². The van der Waals surface area contributed by atoms with Gasteiger partial charge in [0, 0.05) is 23.3 Å². The van der Waals surface area contributed by atoms with E-state index < -0.39 is 18.6 Å². The molecule has 1 atom stereocenters. The number of aliphatic hydroxyl groups is 1. The van der Waals surface area contributed by atoms with E-state index in [1.54, 1.807) is 12.4 Å². The lowest BCUT2D eigenvalue weighted by molar-refractivity contribution is -0.118. The van der Waals surface area contributed by atoms with Crippen LogP contribution in [0.2, 0.25) is 0 Å². The molecule has 1 amide bonds. The maximum atomic E-state index is 11.4. The molecule has 0 aliphatic heterocycles. The Kier molecular flexibility index (Phi) is 3.98. The van der Waals surface area contributed by atoms with Gasteiger partial charge in [0.15, 0.2) is 5.13 Å². The second-order valence-electron chi connectivity index (χ2n) is 3.55. The lowest BCUT2D eigenvalue weighted by Gasteiger charge is -2.06. The number of aromatic nitrogens is 2. The van der Waals surface area contributed by atoms with E-state index in [2.05, 4.69) is 15.3 Å². The molecule has 0 aliphatic rings.